The molecule has 0 spiro atoms. The third-order valence-corrected chi connectivity index (χ3v) is 5.21. The van der Waals surface area contributed by atoms with E-state index in [1.54, 1.807) is 24.4 Å². The van der Waals surface area contributed by atoms with Crippen LogP contribution in [-0.4, -0.2) is 37.9 Å². The number of nitrogens with zero attached hydrogens (tertiary/aromatic N) is 4. The fourth-order valence-corrected chi connectivity index (χ4v) is 3.53. The van der Waals surface area contributed by atoms with E-state index >= 15 is 4.39 Å². The molecule has 1 aromatic carbocycles. The number of aromatic nitrogens is 5. The first-order chi connectivity index (χ1) is 14.7. The average molecular weight is 405 g/mol. The molecule has 30 heavy (non-hydrogen) atoms. The van der Waals surface area contributed by atoms with E-state index in [1.807, 2.05) is 13.1 Å². The minimum absolute atomic E-state index is 0.0285. The Balaban J connectivity index is 1.62. The first-order valence-corrected chi connectivity index (χ1v) is 9.77. The van der Waals surface area contributed by atoms with Gasteiger partial charge in [0.25, 0.3) is 0 Å². The van der Waals surface area contributed by atoms with Gasteiger partial charge in [0.15, 0.2) is 11.6 Å². The molecule has 152 valence electrons. The molecule has 3 aromatic heterocycles. The molecule has 0 bridgehead atoms. The van der Waals surface area contributed by atoms with Gasteiger partial charge in [0.05, 0.1) is 17.9 Å². The number of aromatic amines is 1. The molecule has 1 fully saturated rings. The van der Waals surface area contributed by atoms with Gasteiger partial charge >= 0.3 is 0 Å². The van der Waals surface area contributed by atoms with Crippen LogP contribution in [0.1, 0.15) is 18.4 Å². The van der Waals surface area contributed by atoms with E-state index in [0.717, 1.165) is 23.8 Å². The molecular formula is C21H20FN7O. The number of benzene rings is 1. The summed E-state index contributed by atoms with van der Waals surface area (Å²) in [5, 5.41) is 14.9. The second-order valence-electron chi connectivity index (χ2n) is 7.35. The van der Waals surface area contributed by atoms with Crippen molar-refractivity contribution in [1.82, 2.24) is 30.3 Å². The first kappa shape index (κ1) is 18.4. The van der Waals surface area contributed by atoms with Gasteiger partial charge in [-0.2, -0.15) is 10.2 Å². The molecule has 1 aliphatic rings. The number of pyridine rings is 1. The molecule has 1 saturated carbocycles. The predicted molar refractivity (Wildman–Crippen MR) is 111 cm³/mol. The molecule has 4 aromatic rings. The Morgan fingerprint density at radius 1 is 1.30 bits per heavy atom. The number of anilines is 1. The summed E-state index contributed by atoms with van der Waals surface area (Å²) < 4.78 is 15.3. The number of hydrogen-bond acceptors (Lipinski definition) is 5. The molecule has 0 unspecified atom stereocenters. The minimum Gasteiger partial charge on any atom is -0.351 e. The maximum absolute atomic E-state index is 15.3. The highest BCUT2D eigenvalue weighted by Crippen LogP contribution is 2.34. The molecule has 3 N–H and O–H groups in total. The molecule has 3 heterocycles. The van der Waals surface area contributed by atoms with Crippen molar-refractivity contribution < 1.29 is 9.18 Å². The minimum atomic E-state index is -0.438. The van der Waals surface area contributed by atoms with Gasteiger partial charge in [-0.3, -0.25) is 4.79 Å². The highest BCUT2D eigenvalue weighted by molar-refractivity contribution is 6.02. The number of H-pyrrole nitrogens is 1. The van der Waals surface area contributed by atoms with Crippen molar-refractivity contribution in [3.8, 4) is 16.9 Å². The van der Waals surface area contributed by atoms with Gasteiger partial charge in [0.1, 0.15) is 5.69 Å². The average Bonchev–Trinajstić information content (AvgIpc) is 3.27. The lowest BCUT2D eigenvalue weighted by atomic mass is 10.1. The van der Waals surface area contributed by atoms with E-state index in [0.29, 0.717) is 29.1 Å². The van der Waals surface area contributed by atoms with Gasteiger partial charge < -0.3 is 15.6 Å². The number of nitrogens with one attached hydrogen (secondary N) is 3. The summed E-state index contributed by atoms with van der Waals surface area (Å²) in [5.41, 5.74) is 2.85. The standard InChI is InChI=1S/C21H20FN7O/c1-23-10-13-11-24-20(28-21(30)12-5-6-12)19-15(13)9-16(27-19)14-3-2-4-17(18(14)22)29-25-7-8-26-29/h2-4,7-9,11-12,23,27H,5-6,10H2,1H3,(H,24,28,30). The van der Waals surface area contributed by atoms with Gasteiger partial charge in [-0.05, 0) is 43.7 Å². The van der Waals surface area contributed by atoms with Crippen LogP contribution in [0.15, 0.2) is 42.9 Å². The Morgan fingerprint density at radius 3 is 2.83 bits per heavy atom. The van der Waals surface area contributed by atoms with Gasteiger partial charge in [0, 0.05) is 35.3 Å². The molecule has 8 nitrogen and oxygen atoms in total. The molecule has 0 radical (unpaired) electrons. The summed E-state index contributed by atoms with van der Waals surface area (Å²) >= 11 is 0. The van der Waals surface area contributed by atoms with Gasteiger partial charge in [-0.1, -0.05) is 6.07 Å². The Kier molecular flexibility index (Phi) is 4.51. The summed E-state index contributed by atoms with van der Waals surface area (Å²) in [5.74, 6) is 0.0495. The summed E-state index contributed by atoms with van der Waals surface area (Å²) in [4.78, 5) is 21.2. The van der Waals surface area contributed by atoms with Crippen molar-refractivity contribution in [2.75, 3.05) is 12.4 Å². The van der Waals surface area contributed by atoms with Crippen LogP contribution in [0.4, 0.5) is 10.2 Å². The Morgan fingerprint density at radius 2 is 2.10 bits per heavy atom. The molecule has 0 atom stereocenters. The van der Waals surface area contributed by atoms with Crippen LogP contribution < -0.4 is 10.6 Å². The number of amides is 1. The number of carbonyl (C=O) groups excluding carboxylic acids is 1. The molecule has 5 rings (SSSR count). The zero-order valence-electron chi connectivity index (χ0n) is 16.3. The highest BCUT2D eigenvalue weighted by Gasteiger charge is 2.30. The van der Waals surface area contributed by atoms with E-state index in [9.17, 15) is 4.79 Å². The van der Waals surface area contributed by atoms with Crippen LogP contribution >= 0.6 is 0 Å². The van der Waals surface area contributed by atoms with E-state index < -0.39 is 5.82 Å². The normalized spacial score (nSPS) is 13.7. The zero-order valence-corrected chi connectivity index (χ0v) is 16.3. The quantitative estimate of drug-likeness (QED) is 0.458. The summed E-state index contributed by atoms with van der Waals surface area (Å²) in [6.07, 6.45) is 6.54. The lowest BCUT2D eigenvalue weighted by Crippen LogP contribution is -2.15. The van der Waals surface area contributed by atoms with Crippen molar-refractivity contribution in [3.05, 3.63) is 54.2 Å². The van der Waals surface area contributed by atoms with Gasteiger partial charge in [-0.25, -0.2) is 9.37 Å². The van der Waals surface area contributed by atoms with E-state index in [1.165, 1.54) is 17.2 Å². The molecule has 0 aliphatic heterocycles. The van der Waals surface area contributed by atoms with Crippen LogP contribution in [0.2, 0.25) is 0 Å². The topological polar surface area (TPSA) is 101 Å². The highest BCUT2D eigenvalue weighted by atomic mass is 19.1. The zero-order chi connectivity index (χ0) is 20.7. The summed E-state index contributed by atoms with van der Waals surface area (Å²) in [6.45, 7) is 0.595. The van der Waals surface area contributed by atoms with Crippen LogP contribution in [0.3, 0.4) is 0 Å². The fourth-order valence-electron chi connectivity index (χ4n) is 3.53. The summed E-state index contributed by atoms with van der Waals surface area (Å²) in [7, 11) is 1.85. The fraction of sp³-hybridized carbons (Fsp3) is 0.238. The van der Waals surface area contributed by atoms with Crippen LogP contribution in [0.25, 0.3) is 27.8 Å². The largest absolute Gasteiger partial charge is 0.351 e. The smallest absolute Gasteiger partial charge is 0.228 e. The Bertz CT molecular complexity index is 1230. The van der Waals surface area contributed by atoms with Crippen LogP contribution in [0.5, 0.6) is 0 Å². The summed E-state index contributed by atoms with van der Waals surface area (Å²) in [6, 6.07) is 6.96. The SMILES string of the molecule is CNCc1cnc(NC(=O)C2CC2)c2[nH]c(-c3cccc(-n4nccn4)c3F)cc12. The van der Waals surface area contributed by atoms with E-state index in [2.05, 4.69) is 30.8 Å². The number of rotatable bonds is 6. The van der Waals surface area contributed by atoms with Crippen molar-refractivity contribution in [1.29, 1.82) is 0 Å². The second kappa shape index (κ2) is 7.34. The van der Waals surface area contributed by atoms with E-state index in [-0.39, 0.29) is 17.5 Å². The molecule has 1 amide bonds. The van der Waals surface area contributed by atoms with Gasteiger partial charge in [-0.15, -0.1) is 4.80 Å². The lowest BCUT2D eigenvalue weighted by molar-refractivity contribution is -0.117. The van der Waals surface area contributed by atoms with Crippen LogP contribution in [0, 0.1) is 11.7 Å². The van der Waals surface area contributed by atoms with Crippen molar-refractivity contribution in [3.63, 3.8) is 0 Å². The van der Waals surface area contributed by atoms with Crippen LogP contribution in [-0.2, 0) is 11.3 Å². The number of fused-ring (bicyclic) bond motifs is 1. The Labute approximate surface area is 171 Å². The van der Waals surface area contributed by atoms with Crippen molar-refractivity contribution >= 4 is 22.6 Å². The molecule has 0 saturated heterocycles. The maximum Gasteiger partial charge on any atom is 0.228 e. The van der Waals surface area contributed by atoms with Crippen molar-refractivity contribution in [2.45, 2.75) is 19.4 Å². The molecule has 9 heteroatoms. The first-order valence-electron chi connectivity index (χ1n) is 9.77. The third kappa shape index (κ3) is 3.22. The second-order valence-corrected chi connectivity index (χ2v) is 7.35. The number of halogens is 1. The van der Waals surface area contributed by atoms with E-state index in [4.69, 9.17) is 0 Å². The lowest BCUT2D eigenvalue weighted by Gasteiger charge is -2.08. The molecule has 1 aliphatic carbocycles. The molecular weight excluding hydrogens is 385 g/mol. The van der Waals surface area contributed by atoms with Gasteiger partial charge in [0.2, 0.25) is 5.91 Å². The number of carbonyl (C=O) groups is 1. The number of hydrogen-bond donors (Lipinski definition) is 3. The Hall–Kier alpha value is -3.59. The van der Waals surface area contributed by atoms with Crippen molar-refractivity contribution in [2.24, 2.45) is 5.92 Å². The third-order valence-electron chi connectivity index (χ3n) is 5.21. The predicted octanol–water partition coefficient (Wildman–Crippen LogP) is 3.02. The maximum atomic E-state index is 15.3. The monoisotopic (exact) mass is 405 g/mol.